The van der Waals surface area contributed by atoms with Crippen LogP contribution in [0.5, 0.6) is 0 Å². The molecule has 3 aromatic rings. The normalized spacial score (nSPS) is 12.1. The van der Waals surface area contributed by atoms with Gasteiger partial charge in [-0.2, -0.15) is 0 Å². The first-order chi connectivity index (χ1) is 12.0. The summed E-state index contributed by atoms with van der Waals surface area (Å²) in [6.07, 6.45) is 0.867. The van der Waals surface area contributed by atoms with E-state index in [0.717, 1.165) is 11.1 Å². The molecule has 0 saturated carbocycles. The summed E-state index contributed by atoms with van der Waals surface area (Å²) in [5, 5.41) is 12.9. The van der Waals surface area contributed by atoms with Crippen LogP contribution in [-0.2, 0) is 11.2 Å². The lowest BCUT2D eigenvalue weighted by atomic mass is 10.1. The minimum absolute atomic E-state index is 0.0800. The number of aliphatic hydroxyl groups excluding tert-OH is 1. The van der Waals surface area contributed by atoms with Gasteiger partial charge in [-0.15, -0.1) is 0 Å². The number of oxazole rings is 1. The van der Waals surface area contributed by atoms with E-state index >= 15 is 0 Å². The molecule has 0 fully saturated rings. The number of nitrogens with one attached hydrogen (secondary N) is 1. The largest absolute Gasteiger partial charge is 0.459 e. The van der Waals surface area contributed by atoms with Crippen molar-refractivity contribution in [1.29, 1.82) is 0 Å². The van der Waals surface area contributed by atoms with Gasteiger partial charge in [0.2, 0.25) is 5.91 Å². The summed E-state index contributed by atoms with van der Waals surface area (Å²) in [7, 11) is 0. The molecule has 0 radical (unpaired) electrons. The highest BCUT2D eigenvalue weighted by molar-refractivity contribution is 5.78. The lowest BCUT2D eigenvalue weighted by molar-refractivity contribution is -0.121. The number of carbonyl (C=O) groups excluding carboxylic acids is 1. The molecule has 6 heteroatoms. The second-order valence-electron chi connectivity index (χ2n) is 5.91. The fraction of sp³-hybridized carbons (Fsp3) is 0.263. The van der Waals surface area contributed by atoms with Crippen molar-refractivity contribution in [2.75, 3.05) is 6.54 Å². The van der Waals surface area contributed by atoms with Crippen molar-refractivity contribution in [3.8, 4) is 11.7 Å². The number of rotatable bonds is 6. The number of aliphatic hydroxyl groups is 1. The van der Waals surface area contributed by atoms with E-state index in [0.29, 0.717) is 23.1 Å². The van der Waals surface area contributed by atoms with Crippen molar-refractivity contribution in [3.63, 3.8) is 0 Å². The van der Waals surface area contributed by atoms with Crippen LogP contribution in [0.25, 0.3) is 11.7 Å². The molecule has 2 aromatic heterocycles. The second-order valence-corrected chi connectivity index (χ2v) is 5.91. The summed E-state index contributed by atoms with van der Waals surface area (Å²) >= 11 is 0. The highest BCUT2D eigenvalue weighted by Crippen LogP contribution is 2.22. The Bertz CT molecular complexity index is 835. The molecule has 1 amide bonds. The molecule has 25 heavy (non-hydrogen) atoms. The third-order valence-corrected chi connectivity index (χ3v) is 3.91. The van der Waals surface area contributed by atoms with Crippen molar-refractivity contribution in [3.05, 3.63) is 65.2 Å². The van der Waals surface area contributed by atoms with Crippen molar-refractivity contribution in [2.45, 2.75) is 26.4 Å². The van der Waals surface area contributed by atoms with Gasteiger partial charge in [-0.25, -0.2) is 4.98 Å². The average molecular weight is 340 g/mol. The molecule has 6 nitrogen and oxygen atoms in total. The molecule has 1 aromatic carbocycles. The lowest BCUT2D eigenvalue weighted by Gasteiger charge is -2.12. The summed E-state index contributed by atoms with van der Waals surface area (Å²) in [5.41, 5.74) is 2.44. The van der Waals surface area contributed by atoms with Gasteiger partial charge in [-0.3, -0.25) is 4.79 Å². The Morgan fingerprint density at radius 2 is 2.00 bits per heavy atom. The van der Waals surface area contributed by atoms with Crippen LogP contribution >= 0.6 is 0 Å². The minimum atomic E-state index is -0.748. The fourth-order valence-corrected chi connectivity index (χ4v) is 2.43. The van der Waals surface area contributed by atoms with E-state index < -0.39 is 6.10 Å². The van der Waals surface area contributed by atoms with E-state index in [4.69, 9.17) is 8.83 Å². The minimum Gasteiger partial charge on any atom is -0.459 e. The lowest BCUT2D eigenvalue weighted by Crippen LogP contribution is -2.29. The molecule has 0 unspecified atom stereocenters. The van der Waals surface area contributed by atoms with E-state index in [2.05, 4.69) is 10.3 Å². The molecule has 0 saturated heterocycles. The van der Waals surface area contributed by atoms with Crippen molar-refractivity contribution < 1.29 is 18.7 Å². The third kappa shape index (κ3) is 4.16. The van der Waals surface area contributed by atoms with Gasteiger partial charge in [0.15, 0.2) is 5.76 Å². The van der Waals surface area contributed by atoms with E-state index in [1.165, 1.54) is 6.26 Å². The summed E-state index contributed by atoms with van der Waals surface area (Å²) in [6, 6.07) is 11.0. The van der Waals surface area contributed by atoms with Gasteiger partial charge in [0.05, 0.1) is 24.5 Å². The number of furan rings is 1. The predicted octanol–water partition coefficient (Wildman–Crippen LogP) is 2.94. The third-order valence-electron chi connectivity index (χ3n) is 3.91. The summed E-state index contributed by atoms with van der Waals surface area (Å²) in [4.78, 5) is 16.4. The highest BCUT2D eigenvalue weighted by atomic mass is 16.4. The molecule has 2 N–H and O–H groups in total. The summed E-state index contributed by atoms with van der Waals surface area (Å²) in [5.74, 6) is 1.21. The molecular formula is C19H20N2O4. The highest BCUT2D eigenvalue weighted by Gasteiger charge is 2.17. The van der Waals surface area contributed by atoms with E-state index in [9.17, 15) is 9.90 Å². The Kier molecular flexibility index (Phi) is 5.00. The molecule has 0 spiro atoms. The van der Waals surface area contributed by atoms with Gasteiger partial charge in [0, 0.05) is 6.54 Å². The Balaban J connectivity index is 1.57. The Hall–Kier alpha value is -2.86. The number of hydrogen-bond donors (Lipinski definition) is 2. The van der Waals surface area contributed by atoms with Crippen LogP contribution in [0.4, 0.5) is 0 Å². The van der Waals surface area contributed by atoms with Gasteiger partial charge < -0.3 is 19.3 Å². The maximum Gasteiger partial charge on any atom is 0.263 e. The van der Waals surface area contributed by atoms with Crippen molar-refractivity contribution in [2.24, 2.45) is 0 Å². The van der Waals surface area contributed by atoms with Crippen LogP contribution in [0.3, 0.4) is 0 Å². The zero-order valence-corrected chi connectivity index (χ0v) is 14.2. The standard InChI is InChI=1S/C19H20N2O4/c1-12-5-7-14(8-6-12)16(22)11-20-18(23)10-15-13(2)25-19(21-15)17-4-3-9-24-17/h3-9,16,22H,10-11H2,1-2H3,(H,20,23)/t16-/m0/s1. The van der Waals surface area contributed by atoms with Crippen molar-refractivity contribution in [1.82, 2.24) is 10.3 Å². The maximum atomic E-state index is 12.1. The topological polar surface area (TPSA) is 88.5 Å². The molecule has 0 bridgehead atoms. The van der Waals surface area contributed by atoms with E-state index in [1.807, 2.05) is 31.2 Å². The summed E-state index contributed by atoms with van der Waals surface area (Å²) < 4.78 is 10.8. The SMILES string of the molecule is Cc1ccc([C@@H](O)CNC(=O)Cc2nc(-c3ccco3)oc2C)cc1. The zero-order valence-electron chi connectivity index (χ0n) is 14.2. The molecule has 0 aliphatic carbocycles. The Morgan fingerprint density at radius 1 is 1.24 bits per heavy atom. The smallest absolute Gasteiger partial charge is 0.263 e. The maximum absolute atomic E-state index is 12.1. The van der Waals surface area contributed by atoms with Crippen LogP contribution in [-0.4, -0.2) is 22.5 Å². The number of hydrogen-bond acceptors (Lipinski definition) is 5. The first-order valence-corrected chi connectivity index (χ1v) is 8.04. The quantitative estimate of drug-likeness (QED) is 0.720. The van der Waals surface area contributed by atoms with Crippen LogP contribution < -0.4 is 5.32 Å². The molecular weight excluding hydrogens is 320 g/mol. The second kappa shape index (κ2) is 7.36. The van der Waals surface area contributed by atoms with Gasteiger partial charge in [-0.1, -0.05) is 29.8 Å². The predicted molar refractivity (Wildman–Crippen MR) is 91.8 cm³/mol. The van der Waals surface area contributed by atoms with Gasteiger partial charge in [0.1, 0.15) is 5.76 Å². The number of benzene rings is 1. The van der Waals surface area contributed by atoms with Crippen LogP contribution in [0.1, 0.15) is 28.7 Å². The van der Waals surface area contributed by atoms with Gasteiger partial charge in [-0.05, 0) is 31.5 Å². The van der Waals surface area contributed by atoms with Gasteiger partial charge >= 0.3 is 0 Å². The van der Waals surface area contributed by atoms with Crippen LogP contribution in [0.15, 0.2) is 51.5 Å². The first kappa shape index (κ1) is 17.0. The van der Waals surface area contributed by atoms with Crippen LogP contribution in [0, 0.1) is 13.8 Å². The number of amides is 1. The first-order valence-electron chi connectivity index (χ1n) is 8.04. The number of carbonyl (C=O) groups is 1. The molecule has 130 valence electrons. The zero-order chi connectivity index (χ0) is 17.8. The molecule has 0 aliphatic rings. The Morgan fingerprint density at radius 3 is 2.68 bits per heavy atom. The molecule has 0 aliphatic heterocycles. The Labute approximate surface area is 145 Å². The average Bonchev–Trinajstić information content (AvgIpc) is 3.24. The van der Waals surface area contributed by atoms with Crippen molar-refractivity contribution >= 4 is 5.91 Å². The van der Waals surface area contributed by atoms with Gasteiger partial charge in [0.25, 0.3) is 5.89 Å². The number of aryl methyl sites for hydroxylation is 2. The summed E-state index contributed by atoms with van der Waals surface area (Å²) in [6.45, 7) is 3.88. The van der Waals surface area contributed by atoms with E-state index in [1.54, 1.807) is 19.1 Å². The monoisotopic (exact) mass is 340 g/mol. The van der Waals surface area contributed by atoms with E-state index in [-0.39, 0.29) is 18.9 Å². The fourth-order valence-electron chi connectivity index (χ4n) is 2.43. The number of aromatic nitrogens is 1. The molecule has 2 heterocycles. The van der Waals surface area contributed by atoms with Crippen LogP contribution in [0.2, 0.25) is 0 Å². The number of nitrogens with zero attached hydrogens (tertiary/aromatic N) is 1. The molecule has 3 rings (SSSR count). The molecule has 1 atom stereocenters.